The molecule has 0 aliphatic carbocycles. The molecule has 41 heavy (non-hydrogen) atoms. The molecule has 0 radical (unpaired) electrons. The molecule has 2 aromatic heterocycles. The molecule has 7 nitrogen and oxygen atoms in total. The summed E-state index contributed by atoms with van der Waals surface area (Å²) < 4.78 is 46.4. The number of hydrogen-bond acceptors (Lipinski definition) is 5. The van der Waals surface area contributed by atoms with Crippen LogP contribution in [0, 0.1) is 6.92 Å². The number of nitrogens with one attached hydrogen (secondary N) is 1. The molecule has 1 amide bonds. The van der Waals surface area contributed by atoms with Crippen LogP contribution in [0.15, 0.2) is 78.9 Å². The second-order valence-electron chi connectivity index (χ2n) is 9.56. The van der Waals surface area contributed by atoms with Crippen LogP contribution in [-0.2, 0) is 19.1 Å². The van der Waals surface area contributed by atoms with E-state index in [0.717, 1.165) is 45.7 Å². The Balaban J connectivity index is 1.47. The van der Waals surface area contributed by atoms with Crippen LogP contribution in [0.5, 0.6) is 5.75 Å². The SMILES string of the molecule is COc1ccc(Cn2nc(CCO)c3ccc(-c4cc(NC(=O)c5cccc(C(F)(F)F)c5)ccc4C)nc32)cc1. The summed E-state index contributed by atoms with van der Waals surface area (Å²) in [6.45, 7) is 2.31. The fourth-order valence-electron chi connectivity index (χ4n) is 4.59. The largest absolute Gasteiger partial charge is 0.497 e. The number of ether oxygens (including phenoxy) is 1. The number of carbonyl (C=O) groups is 1. The third kappa shape index (κ3) is 6.07. The normalized spacial score (nSPS) is 11.6. The Kier molecular flexibility index (Phi) is 7.76. The van der Waals surface area contributed by atoms with Gasteiger partial charge in [-0.3, -0.25) is 4.79 Å². The van der Waals surface area contributed by atoms with Gasteiger partial charge >= 0.3 is 6.18 Å². The van der Waals surface area contributed by atoms with E-state index in [9.17, 15) is 23.1 Å². The van der Waals surface area contributed by atoms with E-state index < -0.39 is 17.6 Å². The zero-order valence-electron chi connectivity index (χ0n) is 22.4. The number of aliphatic hydroxyl groups excluding tert-OH is 1. The van der Waals surface area contributed by atoms with Gasteiger partial charge < -0.3 is 15.2 Å². The molecule has 0 atom stereocenters. The van der Waals surface area contributed by atoms with E-state index in [1.807, 2.05) is 49.4 Å². The molecule has 0 saturated heterocycles. The van der Waals surface area contributed by atoms with Crippen LogP contribution in [-0.4, -0.2) is 39.5 Å². The Morgan fingerprint density at radius 2 is 1.80 bits per heavy atom. The van der Waals surface area contributed by atoms with Crippen molar-refractivity contribution in [1.82, 2.24) is 14.8 Å². The van der Waals surface area contributed by atoms with Crippen molar-refractivity contribution >= 4 is 22.6 Å². The Bertz CT molecular complexity index is 1710. The van der Waals surface area contributed by atoms with Gasteiger partial charge in [0, 0.05) is 35.2 Å². The Morgan fingerprint density at radius 1 is 1.02 bits per heavy atom. The molecule has 5 aromatic rings. The Morgan fingerprint density at radius 3 is 2.51 bits per heavy atom. The monoisotopic (exact) mass is 560 g/mol. The summed E-state index contributed by atoms with van der Waals surface area (Å²) >= 11 is 0. The molecule has 0 aliphatic heterocycles. The van der Waals surface area contributed by atoms with Crippen LogP contribution in [0.3, 0.4) is 0 Å². The van der Waals surface area contributed by atoms with E-state index in [4.69, 9.17) is 14.8 Å². The van der Waals surface area contributed by atoms with Crippen molar-refractivity contribution < 1.29 is 27.8 Å². The summed E-state index contributed by atoms with van der Waals surface area (Å²) in [5.74, 6) is 0.0940. The zero-order valence-corrected chi connectivity index (χ0v) is 22.4. The maximum atomic E-state index is 13.1. The standard InChI is InChI=1S/C31H27F3N4O3/c1-19-6-9-23(35-30(40)21-4-3-5-22(16-21)31(32,33)34)17-26(19)27-13-12-25-28(14-15-39)37-38(29(25)36-27)18-20-7-10-24(41-2)11-8-20/h3-13,16-17,39H,14-15,18H2,1-2H3,(H,35,40). The summed E-state index contributed by atoms with van der Waals surface area (Å²) in [7, 11) is 1.61. The second kappa shape index (κ2) is 11.4. The molecule has 2 heterocycles. The van der Waals surface area contributed by atoms with Crippen LogP contribution in [0.1, 0.15) is 32.7 Å². The number of amides is 1. The van der Waals surface area contributed by atoms with Gasteiger partial charge in [0.05, 0.1) is 30.6 Å². The zero-order chi connectivity index (χ0) is 29.1. The van der Waals surface area contributed by atoms with Gasteiger partial charge in [0.1, 0.15) is 5.75 Å². The third-order valence-corrected chi connectivity index (χ3v) is 6.74. The molecule has 0 bridgehead atoms. The predicted octanol–water partition coefficient (Wildman–Crippen LogP) is 6.27. The molecule has 2 N–H and O–H groups in total. The van der Waals surface area contributed by atoms with Gasteiger partial charge in [0.2, 0.25) is 0 Å². The van der Waals surface area contributed by atoms with Crippen molar-refractivity contribution in [3.8, 4) is 17.0 Å². The lowest BCUT2D eigenvalue weighted by atomic mass is 10.0. The van der Waals surface area contributed by atoms with Crippen molar-refractivity contribution in [3.05, 3.63) is 107 Å². The number of halogens is 3. The summed E-state index contributed by atoms with van der Waals surface area (Å²) in [6.07, 6.45) is -4.17. The van der Waals surface area contributed by atoms with Gasteiger partial charge in [-0.15, -0.1) is 0 Å². The van der Waals surface area contributed by atoms with Crippen molar-refractivity contribution in [3.63, 3.8) is 0 Å². The first-order valence-electron chi connectivity index (χ1n) is 12.9. The minimum Gasteiger partial charge on any atom is -0.497 e. The highest BCUT2D eigenvalue weighted by Gasteiger charge is 2.31. The van der Waals surface area contributed by atoms with Crippen LogP contribution < -0.4 is 10.1 Å². The second-order valence-corrected chi connectivity index (χ2v) is 9.56. The maximum Gasteiger partial charge on any atom is 0.416 e. The molecule has 3 aromatic carbocycles. The van der Waals surface area contributed by atoms with Gasteiger partial charge in [0.15, 0.2) is 5.65 Å². The smallest absolute Gasteiger partial charge is 0.416 e. The molecular weight excluding hydrogens is 533 g/mol. The number of aryl methyl sites for hydroxylation is 1. The van der Waals surface area contributed by atoms with Crippen LogP contribution in [0.25, 0.3) is 22.3 Å². The molecule has 10 heteroatoms. The van der Waals surface area contributed by atoms with Gasteiger partial charge in [0.25, 0.3) is 5.91 Å². The molecule has 0 unspecified atom stereocenters. The van der Waals surface area contributed by atoms with Crippen LogP contribution >= 0.6 is 0 Å². The Labute approximate surface area is 234 Å². The summed E-state index contributed by atoms with van der Waals surface area (Å²) in [5.41, 5.74) is 4.07. The van der Waals surface area contributed by atoms with E-state index in [1.165, 1.54) is 12.1 Å². The van der Waals surface area contributed by atoms with Gasteiger partial charge in [-0.05, 0) is 72.6 Å². The molecule has 0 aliphatic rings. The van der Waals surface area contributed by atoms with Crippen molar-refractivity contribution in [2.45, 2.75) is 26.1 Å². The van der Waals surface area contributed by atoms with Gasteiger partial charge in [-0.25, -0.2) is 9.67 Å². The van der Waals surface area contributed by atoms with Gasteiger partial charge in [-0.1, -0.05) is 24.3 Å². The summed E-state index contributed by atoms with van der Waals surface area (Å²) in [4.78, 5) is 17.7. The topological polar surface area (TPSA) is 89.3 Å². The summed E-state index contributed by atoms with van der Waals surface area (Å²) in [6, 6.07) is 20.9. The fraction of sp³-hybridized carbons (Fsp3) is 0.194. The number of hydrogen-bond donors (Lipinski definition) is 2. The number of benzene rings is 3. The highest BCUT2D eigenvalue weighted by Crippen LogP contribution is 2.31. The third-order valence-electron chi connectivity index (χ3n) is 6.74. The number of methoxy groups -OCH3 is 1. The Hall–Kier alpha value is -4.70. The number of fused-ring (bicyclic) bond motifs is 1. The van der Waals surface area contributed by atoms with E-state index in [0.29, 0.717) is 30.0 Å². The van der Waals surface area contributed by atoms with E-state index in [-0.39, 0.29) is 12.2 Å². The van der Waals surface area contributed by atoms with E-state index >= 15 is 0 Å². The van der Waals surface area contributed by atoms with Crippen molar-refractivity contribution in [2.75, 3.05) is 19.0 Å². The average Bonchev–Trinajstić information content (AvgIpc) is 3.30. The van der Waals surface area contributed by atoms with E-state index in [2.05, 4.69) is 5.32 Å². The molecule has 5 rings (SSSR count). The predicted molar refractivity (Wildman–Crippen MR) is 150 cm³/mol. The highest BCUT2D eigenvalue weighted by atomic mass is 19.4. The number of pyridine rings is 1. The minimum atomic E-state index is -4.55. The van der Waals surface area contributed by atoms with Gasteiger partial charge in [-0.2, -0.15) is 18.3 Å². The number of alkyl halides is 3. The van der Waals surface area contributed by atoms with Crippen molar-refractivity contribution in [2.24, 2.45) is 0 Å². The highest BCUT2D eigenvalue weighted by molar-refractivity contribution is 6.04. The number of rotatable bonds is 8. The number of aromatic nitrogens is 3. The number of anilines is 1. The lowest BCUT2D eigenvalue weighted by Crippen LogP contribution is -2.14. The fourth-order valence-corrected chi connectivity index (χ4v) is 4.59. The van der Waals surface area contributed by atoms with Crippen molar-refractivity contribution in [1.29, 1.82) is 0 Å². The average molecular weight is 561 g/mol. The number of nitrogens with zero attached hydrogens (tertiary/aromatic N) is 3. The number of carbonyl (C=O) groups excluding carboxylic acids is 1. The number of aliphatic hydroxyl groups is 1. The summed E-state index contributed by atoms with van der Waals surface area (Å²) in [5, 5.41) is 17.8. The van der Waals surface area contributed by atoms with Crippen LogP contribution in [0.4, 0.5) is 18.9 Å². The first-order chi connectivity index (χ1) is 19.7. The minimum absolute atomic E-state index is 0.0525. The molecule has 0 fully saturated rings. The first kappa shape index (κ1) is 27.9. The molecule has 0 spiro atoms. The molecule has 210 valence electrons. The molecular formula is C31H27F3N4O3. The quantitative estimate of drug-likeness (QED) is 0.234. The first-order valence-corrected chi connectivity index (χ1v) is 12.9. The van der Waals surface area contributed by atoms with E-state index in [1.54, 1.807) is 23.9 Å². The lowest BCUT2D eigenvalue weighted by Gasteiger charge is -2.12. The maximum absolute atomic E-state index is 13.1. The van der Waals surface area contributed by atoms with Crippen LogP contribution in [0.2, 0.25) is 0 Å². The lowest BCUT2D eigenvalue weighted by molar-refractivity contribution is -0.137. The molecule has 0 saturated carbocycles.